The smallest absolute Gasteiger partial charge is 0.254 e. The van der Waals surface area contributed by atoms with Gasteiger partial charge in [0.25, 0.3) is 5.91 Å². The number of hydrogen-bond donors (Lipinski definition) is 1. The number of halogens is 1. The second-order valence-electron chi connectivity index (χ2n) is 6.67. The van der Waals surface area contributed by atoms with Crippen molar-refractivity contribution in [3.63, 3.8) is 0 Å². The maximum absolute atomic E-state index is 12.8. The first-order valence-electron chi connectivity index (χ1n) is 9.74. The van der Waals surface area contributed by atoms with Gasteiger partial charge >= 0.3 is 0 Å². The van der Waals surface area contributed by atoms with Gasteiger partial charge in [-0.2, -0.15) is 0 Å². The van der Waals surface area contributed by atoms with Crippen LogP contribution in [0.2, 0.25) is 0 Å². The first-order valence-corrected chi connectivity index (χ1v) is 9.74. The molecule has 2 aromatic carbocycles. The number of carbonyl (C=O) groups is 1. The molecule has 1 aliphatic rings. The van der Waals surface area contributed by atoms with Crippen molar-refractivity contribution in [2.24, 2.45) is 0 Å². The fourth-order valence-electron chi connectivity index (χ4n) is 3.20. The fraction of sp³-hybridized carbons (Fsp3) is 0.409. The Kier molecular flexibility index (Phi) is 9.09. The minimum Gasteiger partial charge on any atom is -0.490 e. The Morgan fingerprint density at radius 1 is 1.07 bits per heavy atom. The number of para-hydroxylation sites is 1. The number of likely N-dealkylation sites (N-methyl/N-ethyl adjacent to an activating group) is 1. The van der Waals surface area contributed by atoms with E-state index in [9.17, 15) is 4.79 Å². The maximum atomic E-state index is 12.8. The second-order valence-corrected chi connectivity index (χ2v) is 6.67. The van der Waals surface area contributed by atoms with E-state index in [0.717, 1.165) is 25.3 Å². The van der Waals surface area contributed by atoms with Gasteiger partial charge in [-0.25, -0.2) is 0 Å². The molecule has 0 radical (unpaired) electrons. The monoisotopic (exact) mass is 420 g/mol. The summed E-state index contributed by atoms with van der Waals surface area (Å²) in [6.07, 6.45) is 0.975. The molecule has 0 bridgehead atoms. The number of amides is 1. The number of benzene rings is 2. The molecule has 158 valence electrons. The second kappa shape index (κ2) is 11.5. The molecule has 1 aliphatic heterocycles. The zero-order valence-electron chi connectivity index (χ0n) is 16.9. The Balaban J connectivity index is 0.00000300. The average Bonchev–Trinajstić information content (AvgIpc) is 3.27. The van der Waals surface area contributed by atoms with Crippen molar-refractivity contribution in [2.45, 2.75) is 19.4 Å². The van der Waals surface area contributed by atoms with Crippen LogP contribution in [0.25, 0.3) is 0 Å². The molecule has 29 heavy (non-hydrogen) atoms. The molecule has 7 heteroatoms. The van der Waals surface area contributed by atoms with Gasteiger partial charge in [0.2, 0.25) is 0 Å². The lowest BCUT2D eigenvalue weighted by Crippen LogP contribution is -2.38. The minimum atomic E-state index is -0.00591. The molecule has 0 aliphatic carbocycles. The van der Waals surface area contributed by atoms with E-state index in [4.69, 9.17) is 14.2 Å². The summed E-state index contributed by atoms with van der Waals surface area (Å²) in [5.74, 6) is 1.99. The number of ether oxygens (including phenoxy) is 3. The van der Waals surface area contributed by atoms with Gasteiger partial charge in [-0.05, 0) is 50.2 Å². The highest BCUT2D eigenvalue weighted by atomic mass is 35.5. The number of nitrogens with one attached hydrogen (secondary N) is 1. The molecule has 1 fully saturated rings. The quantitative estimate of drug-likeness (QED) is 0.630. The van der Waals surface area contributed by atoms with Crippen molar-refractivity contribution in [3.8, 4) is 17.2 Å². The van der Waals surface area contributed by atoms with Crippen molar-refractivity contribution in [2.75, 3.05) is 40.0 Å². The van der Waals surface area contributed by atoms with Crippen LogP contribution in [0.1, 0.15) is 23.7 Å². The standard InChI is InChI=1S/C22H28N2O4.ClH/c1-3-26-21-15-17(22(25)24(2)18-11-12-23-16-18)9-10-20(21)28-14-13-27-19-7-5-4-6-8-19;/h4-10,15,18,23H,3,11-14,16H2,1-2H3;1H. The molecule has 1 heterocycles. The highest BCUT2D eigenvalue weighted by Crippen LogP contribution is 2.29. The Morgan fingerprint density at radius 3 is 2.52 bits per heavy atom. The lowest BCUT2D eigenvalue weighted by atomic mass is 10.1. The molecule has 1 N–H and O–H groups in total. The summed E-state index contributed by atoms with van der Waals surface area (Å²) in [7, 11) is 1.85. The third kappa shape index (κ3) is 6.27. The van der Waals surface area contributed by atoms with Crippen LogP contribution in [-0.2, 0) is 0 Å². The average molecular weight is 421 g/mol. The lowest BCUT2D eigenvalue weighted by Gasteiger charge is -2.24. The van der Waals surface area contributed by atoms with E-state index in [0.29, 0.717) is 36.9 Å². The van der Waals surface area contributed by atoms with Crippen LogP contribution in [0.5, 0.6) is 17.2 Å². The molecule has 1 unspecified atom stereocenters. The highest BCUT2D eigenvalue weighted by molar-refractivity contribution is 5.95. The molecule has 1 atom stereocenters. The number of hydrogen-bond acceptors (Lipinski definition) is 5. The van der Waals surface area contributed by atoms with Crippen molar-refractivity contribution in [1.29, 1.82) is 0 Å². The highest BCUT2D eigenvalue weighted by Gasteiger charge is 2.24. The molecule has 1 saturated heterocycles. The van der Waals surface area contributed by atoms with Crippen LogP contribution >= 0.6 is 12.4 Å². The zero-order valence-corrected chi connectivity index (χ0v) is 17.7. The van der Waals surface area contributed by atoms with E-state index in [2.05, 4.69) is 5.32 Å². The van der Waals surface area contributed by atoms with E-state index < -0.39 is 0 Å². The van der Waals surface area contributed by atoms with Crippen molar-refractivity contribution in [1.82, 2.24) is 10.2 Å². The number of carbonyl (C=O) groups excluding carboxylic acids is 1. The normalized spacial score (nSPS) is 15.3. The molecule has 2 aromatic rings. The summed E-state index contributed by atoms with van der Waals surface area (Å²) >= 11 is 0. The third-order valence-corrected chi connectivity index (χ3v) is 4.75. The van der Waals surface area contributed by atoms with Crippen LogP contribution in [0.3, 0.4) is 0 Å². The Bertz CT molecular complexity index is 767. The van der Waals surface area contributed by atoms with Crippen molar-refractivity contribution >= 4 is 18.3 Å². The van der Waals surface area contributed by atoms with Gasteiger partial charge in [-0.3, -0.25) is 4.79 Å². The zero-order chi connectivity index (χ0) is 19.8. The largest absolute Gasteiger partial charge is 0.490 e. The molecule has 1 amide bonds. The molecular weight excluding hydrogens is 392 g/mol. The summed E-state index contributed by atoms with van der Waals surface area (Å²) in [6.45, 7) is 5.00. The summed E-state index contributed by atoms with van der Waals surface area (Å²) in [5, 5.41) is 3.29. The summed E-state index contributed by atoms with van der Waals surface area (Å²) in [4.78, 5) is 14.6. The maximum Gasteiger partial charge on any atom is 0.254 e. The first-order chi connectivity index (χ1) is 13.7. The lowest BCUT2D eigenvalue weighted by molar-refractivity contribution is 0.0743. The van der Waals surface area contributed by atoms with Crippen LogP contribution in [-0.4, -0.2) is 56.8 Å². The van der Waals surface area contributed by atoms with E-state index in [-0.39, 0.29) is 24.4 Å². The molecule has 0 aromatic heterocycles. The Labute approximate surface area is 178 Å². The molecule has 3 rings (SSSR count). The van der Waals surface area contributed by atoms with Gasteiger partial charge in [0.05, 0.1) is 6.61 Å². The van der Waals surface area contributed by atoms with Gasteiger partial charge in [0, 0.05) is 25.2 Å². The van der Waals surface area contributed by atoms with Gasteiger partial charge in [-0.15, -0.1) is 12.4 Å². The van der Waals surface area contributed by atoms with E-state index in [1.165, 1.54) is 0 Å². The summed E-state index contributed by atoms with van der Waals surface area (Å²) in [6, 6.07) is 15.2. The van der Waals surface area contributed by atoms with Gasteiger partial charge in [-0.1, -0.05) is 18.2 Å². The van der Waals surface area contributed by atoms with Crippen LogP contribution < -0.4 is 19.5 Å². The van der Waals surface area contributed by atoms with Crippen LogP contribution in [0.4, 0.5) is 0 Å². The van der Waals surface area contributed by atoms with E-state index >= 15 is 0 Å². The number of rotatable bonds is 9. The van der Waals surface area contributed by atoms with E-state index in [1.54, 1.807) is 23.1 Å². The molecule has 0 saturated carbocycles. The van der Waals surface area contributed by atoms with Crippen LogP contribution in [0, 0.1) is 0 Å². The van der Waals surface area contributed by atoms with Gasteiger partial charge in [0.1, 0.15) is 19.0 Å². The Morgan fingerprint density at radius 2 is 1.83 bits per heavy atom. The predicted molar refractivity (Wildman–Crippen MR) is 116 cm³/mol. The SMILES string of the molecule is CCOc1cc(C(=O)N(C)C2CCNC2)ccc1OCCOc1ccccc1.Cl. The van der Waals surface area contributed by atoms with Crippen molar-refractivity contribution in [3.05, 3.63) is 54.1 Å². The van der Waals surface area contributed by atoms with E-state index in [1.807, 2.05) is 44.3 Å². The fourth-order valence-corrected chi connectivity index (χ4v) is 3.20. The molecule has 0 spiro atoms. The molecular formula is C22H29ClN2O4. The topological polar surface area (TPSA) is 60.0 Å². The summed E-state index contributed by atoms with van der Waals surface area (Å²) < 4.78 is 17.2. The van der Waals surface area contributed by atoms with Crippen molar-refractivity contribution < 1.29 is 19.0 Å². The van der Waals surface area contributed by atoms with Gasteiger partial charge in [0.15, 0.2) is 11.5 Å². The predicted octanol–water partition coefficient (Wildman–Crippen LogP) is 3.40. The van der Waals surface area contributed by atoms with Crippen LogP contribution in [0.15, 0.2) is 48.5 Å². The summed E-state index contributed by atoms with van der Waals surface area (Å²) in [5.41, 5.74) is 0.603. The Hall–Kier alpha value is -2.44. The minimum absolute atomic E-state index is 0. The molecule has 6 nitrogen and oxygen atoms in total. The van der Waals surface area contributed by atoms with Gasteiger partial charge < -0.3 is 24.4 Å². The third-order valence-electron chi connectivity index (χ3n) is 4.75. The number of nitrogens with zero attached hydrogens (tertiary/aromatic N) is 1. The first kappa shape index (κ1) is 22.8.